The van der Waals surface area contributed by atoms with Gasteiger partial charge in [-0.3, -0.25) is 0 Å². The molecule has 1 heterocycles. The predicted octanol–water partition coefficient (Wildman–Crippen LogP) is 3.27. The van der Waals surface area contributed by atoms with Crippen molar-refractivity contribution in [3.05, 3.63) is 48.0 Å². The number of H-pyrrole nitrogens is 1. The summed E-state index contributed by atoms with van der Waals surface area (Å²) in [6, 6.07) is 12.5. The maximum absolute atomic E-state index is 9.71. The van der Waals surface area contributed by atoms with Gasteiger partial charge >= 0.3 is 0 Å². The first kappa shape index (κ1) is 11.9. The van der Waals surface area contributed by atoms with E-state index in [-0.39, 0.29) is 11.5 Å². The number of benzene rings is 2. The summed E-state index contributed by atoms with van der Waals surface area (Å²) in [6.07, 6.45) is 0. The monoisotopic (exact) mass is 272 g/mol. The second kappa shape index (κ2) is 4.85. The first-order chi connectivity index (χ1) is 9.22. The molecular weight excluding hydrogens is 260 g/mol. The molecule has 0 radical (unpaired) electrons. The minimum Gasteiger partial charge on any atom is -0.508 e. The maximum Gasteiger partial charge on any atom is 0.166 e. The molecular formula is C14H12N2O2S. The highest BCUT2D eigenvalue weighted by molar-refractivity contribution is 7.98. The van der Waals surface area contributed by atoms with E-state index in [2.05, 4.69) is 9.97 Å². The van der Waals surface area contributed by atoms with Gasteiger partial charge < -0.3 is 15.2 Å². The van der Waals surface area contributed by atoms with E-state index < -0.39 is 0 Å². The van der Waals surface area contributed by atoms with Crippen LogP contribution in [-0.4, -0.2) is 20.2 Å². The van der Waals surface area contributed by atoms with Crippen molar-refractivity contribution >= 4 is 22.8 Å². The fraction of sp³-hybridized carbons (Fsp3) is 0.0714. The highest BCUT2D eigenvalue weighted by atomic mass is 32.2. The summed E-state index contributed by atoms with van der Waals surface area (Å²) >= 11 is 1.51. The lowest BCUT2D eigenvalue weighted by molar-refractivity contribution is 0.447. The number of phenolic OH excluding ortho intramolecular Hbond substituents is 2. The Balaban J connectivity index is 1.78. The molecule has 1 aromatic heterocycles. The number of thioether (sulfide) groups is 1. The number of rotatable bonds is 3. The number of aromatic amines is 1. The molecule has 0 unspecified atom stereocenters. The van der Waals surface area contributed by atoms with Crippen LogP contribution in [0.1, 0.15) is 5.56 Å². The second-order valence-corrected chi connectivity index (χ2v) is 5.12. The minimum absolute atomic E-state index is 0.0648. The van der Waals surface area contributed by atoms with Crippen molar-refractivity contribution in [1.29, 1.82) is 0 Å². The van der Waals surface area contributed by atoms with Gasteiger partial charge in [-0.05, 0) is 18.2 Å². The van der Waals surface area contributed by atoms with Gasteiger partial charge in [0.15, 0.2) is 5.16 Å². The molecule has 0 saturated carbocycles. The molecule has 3 rings (SSSR count). The van der Waals surface area contributed by atoms with E-state index in [0.717, 1.165) is 21.8 Å². The second-order valence-electron chi connectivity index (χ2n) is 4.16. The van der Waals surface area contributed by atoms with Crippen LogP contribution in [0, 0.1) is 0 Å². The number of imidazole rings is 1. The third-order valence-electron chi connectivity index (χ3n) is 2.80. The number of nitrogens with zero attached hydrogens (tertiary/aromatic N) is 1. The van der Waals surface area contributed by atoms with Gasteiger partial charge in [0.05, 0.1) is 11.0 Å². The smallest absolute Gasteiger partial charge is 0.166 e. The number of aromatic nitrogens is 2. The van der Waals surface area contributed by atoms with Gasteiger partial charge in [0.25, 0.3) is 0 Å². The molecule has 3 N–H and O–H groups in total. The Hall–Kier alpha value is -2.14. The van der Waals surface area contributed by atoms with E-state index in [0.29, 0.717) is 5.75 Å². The topological polar surface area (TPSA) is 69.1 Å². The van der Waals surface area contributed by atoms with Gasteiger partial charge in [0.2, 0.25) is 0 Å². The molecule has 0 amide bonds. The van der Waals surface area contributed by atoms with Crippen molar-refractivity contribution in [1.82, 2.24) is 9.97 Å². The number of hydrogen-bond donors (Lipinski definition) is 3. The Labute approximate surface area is 114 Å². The summed E-state index contributed by atoms with van der Waals surface area (Å²) in [4.78, 5) is 7.67. The van der Waals surface area contributed by atoms with Gasteiger partial charge in [-0.25, -0.2) is 4.98 Å². The van der Waals surface area contributed by atoms with Crippen molar-refractivity contribution in [2.75, 3.05) is 0 Å². The molecule has 0 fully saturated rings. The van der Waals surface area contributed by atoms with Crippen molar-refractivity contribution in [2.24, 2.45) is 0 Å². The number of para-hydroxylation sites is 2. The summed E-state index contributed by atoms with van der Waals surface area (Å²) < 4.78 is 0. The zero-order valence-electron chi connectivity index (χ0n) is 10.00. The van der Waals surface area contributed by atoms with Crippen LogP contribution in [0.25, 0.3) is 11.0 Å². The molecule has 0 aliphatic rings. The van der Waals surface area contributed by atoms with Crippen LogP contribution in [-0.2, 0) is 5.75 Å². The average Bonchev–Trinajstić information content (AvgIpc) is 2.80. The van der Waals surface area contributed by atoms with Gasteiger partial charge in [-0.15, -0.1) is 0 Å². The molecule has 0 aliphatic heterocycles. The predicted molar refractivity (Wildman–Crippen MR) is 75.4 cm³/mol. The summed E-state index contributed by atoms with van der Waals surface area (Å²) in [5.41, 5.74) is 2.70. The Morgan fingerprint density at radius 1 is 1.11 bits per heavy atom. The summed E-state index contributed by atoms with van der Waals surface area (Å²) in [7, 11) is 0. The number of fused-ring (bicyclic) bond motifs is 1. The molecule has 0 bridgehead atoms. The number of nitrogens with one attached hydrogen (secondary N) is 1. The third kappa shape index (κ3) is 2.51. The van der Waals surface area contributed by atoms with Crippen molar-refractivity contribution in [2.45, 2.75) is 10.9 Å². The standard InChI is InChI=1S/C14H12N2O2S/c17-10-6-5-9(13(18)7-10)8-19-14-15-11-3-1-2-4-12(11)16-14/h1-7,17-18H,8H2,(H,15,16). The van der Waals surface area contributed by atoms with E-state index in [1.54, 1.807) is 12.1 Å². The fourth-order valence-corrected chi connectivity index (χ4v) is 2.70. The van der Waals surface area contributed by atoms with Gasteiger partial charge in [-0.2, -0.15) is 0 Å². The molecule has 0 saturated heterocycles. The Morgan fingerprint density at radius 2 is 1.95 bits per heavy atom. The summed E-state index contributed by atoms with van der Waals surface area (Å²) in [6.45, 7) is 0. The van der Waals surface area contributed by atoms with E-state index >= 15 is 0 Å². The number of aromatic hydroxyl groups is 2. The summed E-state index contributed by atoms with van der Waals surface area (Å²) in [5, 5.41) is 19.8. The highest BCUT2D eigenvalue weighted by Gasteiger charge is 2.06. The van der Waals surface area contributed by atoms with Crippen LogP contribution >= 0.6 is 11.8 Å². The molecule has 2 aromatic carbocycles. The van der Waals surface area contributed by atoms with Crippen molar-refractivity contribution in [3.8, 4) is 11.5 Å². The van der Waals surface area contributed by atoms with Crippen molar-refractivity contribution < 1.29 is 10.2 Å². The number of hydrogen-bond acceptors (Lipinski definition) is 4. The number of phenols is 2. The van der Waals surface area contributed by atoms with Crippen LogP contribution in [0.15, 0.2) is 47.6 Å². The Bertz CT molecular complexity index is 691. The maximum atomic E-state index is 9.71. The summed E-state index contributed by atoms with van der Waals surface area (Å²) in [5.74, 6) is 0.755. The molecule has 0 atom stereocenters. The quantitative estimate of drug-likeness (QED) is 0.640. The Kier molecular flexibility index (Phi) is 3.05. The van der Waals surface area contributed by atoms with E-state index in [1.807, 2.05) is 24.3 Å². The first-order valence-corrected chi connectivity index (χ1v) is 6.79. The van der Waals surface area contributed by atoms with Crippen LogP contribution in [0.2, 0.25) is 0 Å². The highest BCUT2D eigenvalue weighted by Crippen LogP contribution is 2.29. The van der Waals surface area contributed by atoms with Gasteiger partial charge in [-0.1, -0.05) is 30.0 Å². The largest absolute Gasteiger partial charge is 0.508 e. The van der Waals surface area contributed by atoms with Crippen LogP contribution in [0.5, 0.6) is 11.5 Å². The molecule has 4 nitrogen and oxygen atoms in total. The van der Waals surface area contributed by atoms with Gasteiger partial charge in [0, 0.05) is 17.4 Å². The molecule has 0 aliphatic carbocycles. The van der Waals surface area contributed by atoms with Crippen LogP contribution < -0.4 is 0 Å². The normalized spacial score (nSPS) is 10.9. The van der Waals surface area contributed by atoms with E-state index in [4.69, 9.17) is 0 Å². The average molecular weight is 272 g/mol. The van der Waals surface area contributed by atoms with Gasteiger partial charge in [0.1, 0.15) is 11.5 Å². The SMILES string of the molecule is Oc1ccc(CSc2nc3ccccc3[nH]2)c(O)c1. The molecule has 19 heavy (non-hydrogen) atoms. The lowest BCUT2D eigenvalue weighted by Gasteiger charge is -2.03. The molecule has 5 heteroatoms. The molecule has 3 aromatic rings. The van der Waals surface area contributed by atoms with E-state index in [1.165, 1.54) is 17.8 Å². The molecule has 96 valence electrons. The zero-order valence-corrected chi connectivity index (χ0v) is 10.8. The van der Waals surface area contributed by atoms with E-state index in [9.17, 15) is 10.2 Å². The fourth-order valence-electron chi connectivity index (χ4n) is 1.82. The third-order valence-corrected chi connectivity index (χ3v) is 3.72. The lowest BCUT2D eigenvalue weighted by atomic mass is 10.2. The van der Waals surface area contributed by atoms with Crippen LogP contribution in [0.3, 0.4) is 0 Å². The lowest BCUT2D eigenvalue weighted by Crippen LogP contribution is -1.83. The van der Waals surface area contributed by atoms with Crippen LogP contribution in [0.4, 0.5) is 0 Å². The molecule has 0 spiro atoms. The van der Waals surface area contributed by atoms with Crippen molar-refractivity contribution in [3.63, 3.8) is 0 Å². The first-order valence-electron chi connectivity index (χ1n) is 5.81. The Morgan fingerprint density at radius 3 is 2.74 bits per heavy atom. The zero-order chi connectivity index (χ0) is 13.2. The minimum atomic E-state index is 0.0648.